The Morgan fingerprint density at radius 2 is 1.72 bits per heavy atom. The minimum absolute atomic E-state index is 0.0388. The maximum Gasteiger partial charge on any atom is 0.332 e. The molecule has 3 aromatic rings. The van der Waals surface area contributed by atoms with Gasteiger partial charge in [0.2, 0.25) is 10.0 Å². The molecule has 8 nitrogen and oxygen atoms in total. The second-order valence-corrected chi connectivity index (χ2v) is 9.05. The smallest absolute Gasteiger partial charge is 0.280 e. The first-order valence-electron chi connectivity index (χ1n) is 9.02. The Balaban J connectivity index is 1.67. The van der Waals surface area contributed by atoms with Crippen LogP contribution in [0.4, 0.5) is 4.39 Å². The summed E-state index contributed by atoms with van der Waals surface area (Å²) in [7, 11) is -0.783. The van der Waals surface area contributed by atoms with Crippen LogP contribution in [-0.4, -0.2) is 39.9 Å². The molecule has 2 aromatic heterocycles. The van der Waals surface area contributed by atoms with Crippen LogP contribution in [0.25, 0.3) is 11.0 Å². The Labute approximate surface area is 165 Å². The first-order chi connectivity index (χ1) is 13.7. The predicted octanol–water partition coefficient (Wildman–Crippen LogP) is 0.950. The number of sulfonamides is 1. The molecule has 1 aliphatic heterocycles. The van der Waals surface area contributed by atoms with Gasteiger partial charge in [0.1, 0.15) is 11.5 Å². The van der Waals surface area contributed by atoms with Gasteiger partial charge in [-0.1, -0.05) is 0 Å². The minimum Gasteiger partial charge on any atom is -0.280 e. The molecular formula is C19H19FN4O4S. The van der Waals surface area contributed by atoms with Gasteiger partial charge in [-0.25, -0.2) is 22.6 Å². The number of nitrogens with zero attached hydrogens (tertiary/aromatic N) is 4. The van der Waals surface area contributed by atoms with Crippen molar-refractivity contribution in [1.82, 2.24) is 18.4 Å². The summed E-state index contributed by atoms with van der Waals surface area (Å²) in [5.41, 5.74) is 0.00109. The zero-order valence-corrected chi connectivity index (χ0v) is 16.7. The average molecular weight is 418 g/mol. The highest BCUT2D eigenvalue weighted by Crippen LogP contribution is 2.30. The quantitative estimate of drug-likeness (QED) is 0.631. The van der Waals surface area contributed by atoms with E-state index in [2.05, 4.69) is 4.98 Å². The number of hydrogen-bond donors (Lipinski definition) is 0. The molecule has 0 bridgehead atoms. The van der Waals surface area contributed by atoms with Crippen LogP contribution in [-0.2, 0) is 24.1 Å². The van der Waals surface area contributed by atoms with Crippen molar-refractivity contribution in [2.45, 2.75) is 17.2 Å². The summed E-state index contributed by atoms with van der Waals surface area (Å²) >= 11 is 0. The lowest BCUT2D eigenvalue weighted by Crippen LogP contribution is -2.37. The van der Waals surface area contributed by atoms with Crippen LogP contribution in [0.1, 0.15) is 18.0 Å². The van der Waals surface area contributed by atoms with Crippen molar-refractivity contribution in [3.05, 3.63) is 68.7 Å². The molecule has 1 fully saturated rings. The van der Waals surface area contributed by atoms with Gasteiger partial charge in [0, 0.05) is 38.8 Å². The monoisotopic (exact) mass is 418 g/mol. The third kappa shape index (κ3) is 3.18. The van der Waals surface area contributed by atoms with E-state index in [4.69, 9.17) is 0 Å². The number of hydrogen-bond acceptors (Lipinski definition) is 5. The van der Waals surface area contributed by atoms with E-state index in [-0.39, 0.29) is 23.0 Å². The van der Waals surface area contributed by atoms with Gasteiger partial charge in [0.15, 0.2) is 0 Å². The first kappa shape index (κ1) is 19.5. The Bertz CT molecular complexity index is 1330. The normalized spacial score (nSPS) is 17.8. The summed E-state index contributed by atoms with van der Waals surface area (Å²) in [6, 6.07) is 8.05. The predicted molar refractivity (Wildman–Crippen MR) is 105 cm³/mol. The molecule has 1 aliphatic rings. The second kappa shape index (κ2) is 6.89. The number of aryl methyl sites for hydroxylation is 1. The summed E-state index contributed by atoms with van der Waals surface area (Å²) in [6.07, 6.45) is 0.553. The molecule has 1 saturated heterocycles. The van der Waals surface area contributed by atoms with Crippen molar-refractivity contribution in [2.24, 2.45) is 14.1 Å². The number of pyridine rings is 1. The third-order valence-corrected chi connectivity index (χ3v) is 7.22. The van der Waals surface area contributed by atoms with Gasteiger partial charge < -0.3 is 0 Å². The van der Waals surface area contributed by atoms with E-state index in [0.29, 0.717) is 24.0 Å². The van der Waals surface area contributed by atoms with Gasteiger partial charge in [-0.2, -0.15) is 4.31 Å². The van der Waals surface area contributed by atoms with Gasteiger partial charge in [0.25, 0.3) is 5.56 Å². The van der Waals surface area contributed by atoms with Gasteiger partial charge in [0.05, 0.1) is 10.3 Å². The van der Waals surface area contributed by atoms with E-state index < -0.39 is 27.1 Å². The van der Waals surface area contributed by atoms with Crippen LogP contribution >= 0.6 is 0 Å². The van der Waals surface area contributed by atoms with Crippen molar-refractivity contribution in [3.63, 3.8) is 0 Å². The fraction of sp³-hybridized carbons (Fsp3) is 0.316. The Hall–Kier alpha value is -2.85. The lowest BCUT2D eigenvalue weighted by atomic mass is 10.0. The van der Waals surface area contributed by atoms with E-state index in [9.17, 15) is 22.4 Å². The molecule has 0 radical (unpaired) electrons. The molecule has 10 heteroatoms. The van der Waals surface area contributed by atoms with Crippen LogP contribution < -0.4 is 11.2 Å². The highest BCUT2D eigenvalue weighted by Gasteiger charge is 2.34. The molecule has 0 spiro atoms. The SMILES string of the molecule is Cn1c(=O)c2ccc([C@@H]3CCN(S(=O)(=O)c4ccc(F)cc4)C3)nc2n(C)c1=O. The van der Waals surface area contributed by atoms with Gasteiger partial charge in [-0.3, -0.25) is 13.9 Å². The molecule has 152 valence electrons. The molecule has 0 N–H and O–H groups in total. The minimum atomic E-state index is -3.74. The number of fused-ring (bicyclic) bond motifs is 1. The molecule has 1 aromatic carbocycles. The van der Waals surface area contributed by atoms with Crippen LogP contribution in [0.3, 0.4) is 0 Å². The summed E-state index contributed by atoms with van der Waals surface area (Å²) in [6.45, 7) is 0.524. The zero-order chi connectivity index (χ0) is 20.9. The number of rotatable bonds is 3. The van der Waals surface area contributed by atoms with Crippen LogP contribution in [0.15, 0.2) is 50.9 Å². The van der Waals surface area contributed by atoms with E-state index in [0.717, 1.165) is 16.7 Å². The van der Waals surface area contributed by atoms with Crippen molar-refractivity contribution < 1.29 is 12.8 Å². The van der Waals surface area contributed by atoms with E-state index >= 15 is 0 Å². The topological polar surface area (TPSA) is 94.3 Å². The number of halogens is 1. The molecule has 0 aliphatic carbocycles. The Morgan fingerprint density at radius 1 is 1.03 bits per heavy atom. The fourth-order valence-corrected chi connectivity index (χ4v) is 5.14. The molecule has 3 heterocycles. The maximum absolute atomic E-state index is 13.1. The first-order valence-corrected chi connectivity index (χ1v) is 10.5. The third-order valence-electron chi connectivity index (χ3n) is 5.34. The summed E-state index contributed by atoms with van der Waals surface area (Å²) < 4.78 is 42.4. The van der Waals surface area contributed by atoms with Crippen molar-refractivity contribution in [1.29, 1.82) is 0 Å². The van der Waals surface area contributed by atoms with Crippen LogP contribution in [0.2, 0.25) is 0 Å². The van der Waals surface area contributed by atoms with Crippen LogP contribution in [0.5, 0.6) is 0 Å². The van der Waals surface area contributed by atoms with Crippen LogP contribution in [0, 0.1) is 5.82 Å². The molecule has 4 rings (SSSR count). The molecule has 0 saturated carbocycles. The van der Waals surface area contributed by atoms with E-state index in [1.165, 1.54) is 28.1 Å². The Kier molecular flexibility index (Phi) is 4.62. The summed E-state index contributed by atoms with van der Waals surface area (Å²) in [5, 5.41) is 0.326. The molecule has 0 amide bonds. The van der Waals surface area contributed by atoms with E-state index in [1.54, 1.807) is 19.2 Å². The molecule has 29 heavy (non-hydrogen) atoms. The fourth-order valence-electron chi connectivity index (χ4n) is 3.64. The largest absolute Gasteiger partial charge is 0.332 e. The number of aromatic nitrogens is 3. The molecular weight excluding hydrogens is 399 g/mol. The zero-order valence-electron chi connectivity index (χ0n) is 15.9. The highest BCUT2D eigenvalue weighted by atomic mass is 32.2. The lowest BCUT2D eigenvalue weighted by molar-refractivity contribution is 0.472. The van der Waals surface area contributed by atoms with Gasteiger partial charge in [-0.05, 0) is 42.8 Å². The van der Waals surface area contributed by atoms with Crippen molar-refractivity contribution >= 4 is 21.1 Å². The summed E-state index contributed by atoms with van der Waals surface area (Å²) in [5.74, 6) is -0.672. The van der Waals surface area contributed by atoms with Crippen molar-refractivity contribution in [2.75, 3.05) is 13.1 Å². The van der Waals surface area contributed by atoms with Gasteiger partial charge >= 0.3 is 5.69 Å². The van der Waals surface area contributed by atoms with E-state index in [1.807, 2.05) is 0 Å². The molecule has 0 unspecified atom stereocenters. The molecule has 1 atom stereocenters. The summed E-state index contributed by atoms with van der Waals surface area (Å²) in [4.78, 5) is 29.0. The average Bonchev–Trinajstić information content (AvgIpc) is 3.22. The Morgan fingerprint density at radius 3 is 2.41 bits per heavy atom. The number of benzene rings is 1. The second-order valence-electron chi connectivity index (χ2n) is 7.12. The van der Waals surface area contributed by atoms with Crippen molar-refractivity contribution in [3.8, 4) is 0 Å². The standard InChI is InChI=1S/C19H19FN4O4S/c1-22-17-15(18(25)23(2)19(22)26)7-8-16(21-17)12-9-10-24(11-12)29(27,28)14-5-3-13(20)4-6-14/h3-8,12H,9-11H2,1-2H3/t12-/m1/s1. The van der Waals surface area contributed by atoms with Gasteiger partial charge in [-0.15, -0.1) is 0 Å². The maximum atomic E-state index is 13.1. The highest BCUT2D eigenvalue weighted by molar-refractivity contribution is 7.89. The lowest BCUT2D eigenvalue weighted by Gasteiger charge is -2.17.